The van der Waals surface area contributed by atoms with Gasteiger partial charge in [-0.25, -0.2) is 4.79 Å². The van der Waals surface area contributed by atoms with Crippen LogP contribution in [-0.2, 0) is 13.1 Å². The summed E-state index contributed by atoms with van der Waals surface area (Å²) in [6.07, 6.45) is 0. The number of aromatic carboxylic acids is 1. The third-order valence-corrected chi connectivity index (χ3v) is 3.50. The Bertz CT molecular complexity index is 582. The van der Waals surface area contributed by atoms with E-state index in [9.17, 15) is 4.79 Å². The zero-order valence-corrected chi connectivity index (χ0v) is 12.8. The summed E-state index contributed by atoms with van der Waals surface area (Å²) in [5.74, 6) is -0.887. The van der Waals surface area contributed by atoms with E-state index in [1.165, 1.54) is 5.56 Å². The Kier molecular flexibility index (Phi) is 6.13. The maximum atomic E-state index is 10.8. The molecule has 0 spiro atoms. The highest BCUT2D eigenvalue weighted by Crippen LogP contribution is 2.04. The highest BCUT2D eigenvalue weighted by molar-refractivity contribution is 5.87. The van der Waals surface area contributed by atoms with Crippen molar-refractivity contribution in [2.45, 2.75) is 13.1 Å². The Balaban J connectivity index is 1.67. The standard InChI is InChI=1S/C18H22N2O2/c1-20(14-16-5-3-2-4-6-16)12-11-19-13-15-7-9-17(10-8-15)18(21)22/h2-10,19H,11-14H2,1H3,(H,21,22). The zero-order valence-electron chi connectivity index (χ0n) is 12.8. The molecule has 2 aromatic carbocycles. The SMILES string of the molecule is CN(CCNCc1ccc(C(=O)O)cc1)Cc1ccccc1. The third-order valence-electron chi connectivity index (χ3n) is 3.50. The number of likely N-dealkylation sites (N-methyl/N-ethyl adjacent to an activating group) is 1. The fourth-order valence-corrected chi connectivity index (χ4v) is 2.24. The van der Waals surface area contributed by atoms with E-state index < -0.39 is 5.97 Å². The van der Waals surface area contributed by atoms with Gasteiger partial charge in [0.15, 0.2) is 0 Å². The molecule has 0 fully saturated rings. The molecular weight excluding hydrogens is 276 g/mol. The molecule has 0 aromatic heterocycles. The van der Waals surface area contributed by atoms with E-state index in [2.05, 4.69) is 41.5 Å². The molecule has 0 amide bonds. The minimum atomic E-state index is -0.887. The van der Waals surface area contributed by atoms with Gasteiger partial charge in [-0.1, -0.05) is 42.5 Å². The Morgan fingerprint density at radius 1 is 1.05 bits per heavy atom. The summed E-state index contributed by atoms with van der Waals surface area (Å²) in [7, 11) is 2.11. The van der Waals surface area contributed by atoms with Crippen LogP contribution in [0.25, 0.3) is 0 Å². The van der Waals surface area contributed by atoms with Crippen molar-refractivity contribution in [1.82, 2.24) is 10.2 Å². The van der Waals surface area contributed by atoms with Gasteiger partial charge in [-0.2, -0.15) is 0 Å². The van der Waals surface area contributed by atoms with E-state index in [4.69, 9.17) is 5.11 Å². The predicted molar refractivity (Wildman–Crippen MR) is 87.9 cm³/mol. The molecule has 0 aliphatic heterocycles. The van der Waals surface area contributed by atoms with E-state index >= 15 is 0 Å². The second-order valence-electron chi connectivity index (χ2n) is 5.40. The van der Waals surface area contributed by atoms with Gasteiger partial charge >= 0.3 is 5.97 Å². The predicted octanol–water partition coefficient (Wildman–Crippen LogP) is 2.61. The molecule has 2 rings (SSSR count). The second kappa shape index (κ2) is 8.32. The molecule has 0 saturated carbocycles. The largest absolute Gasteiger partial charge is 0.478 e. The molecule has 4 heteroatoms. The number of nitrogens with one attached hydrogen (secondary N) is 1. The first-order valence-electron chi connectivity index (χ1n) is 7.40. The van der Waals surface area contributed by atoms with Gasteiger partial charge in [-0.15, -0.1) is 0 Å². The number of hydrogen-bond donors (Lipinski definition) is 2. The van der Waals surface area contributed by atoms with Gasteiger partial charge in [0, 0.05) is 26.2 Å². The fourth-order valence-electron chi connectivity index (χ4n) is 2.24. The van der Waals surface area contributed by atoms with Gasteiger partial charge < -0.3 is 15.3 Å². The normalized spacial score (nSPS) is 10.8. The van der Waals surface area contributed by atoms with Crippen molar-refractivity contribution in [3.8, 4) is 0 Å². The number of rotatable bonds is 8. The lowest BCUT2D eigenvalue weighted by molar-refractivity contribution is 0.0697. The Hall–Kier alpha value is -2.17. The quantitative estimate of drug-likeness (QED) is 0.736. The lowest BCUT2D eigenvalue weighted by Gasteiger charge is -2.17. The first kappa shape index (κ1) is 16.2. The van der Waals surface area contributed by atoms with E-state index in [-0.39, 0.29) is 0 Å². The van der Waals surface area contributed by atoms with Gasteiger partial charge in [0.2, 0.25) is 0 Å². The van der Waals surface area contributed by atoms with Crippen molar-refractivity contribution in [2.75, 3.05) is 20.1 Å². The number of carboxylic acids is 1. The summed E-state index contributed by atoms with van der Waals surface area (Å²) in [6.45, 7) is 3.54. The molecule has 0 radical (unpaired) electrons. The number of benzene rings is 2. The van der Waals surface area contributed by atoms with Crippen LogP contribution >= 0.6 is 0 Å². The summed E-state index contributed by atoms with van der Waals surface area (Å²) in [4.78, 5) is 13.1. The van der Waals surface area contributed by atoms with E-state index in [1.54, 1.807) is 12.1 Å². The van der Waals surface area contributed by atoms with Crippen molar-refractivity contribution < 1.29 is 9.90 Å². The molecule has 0 heterocycles. The molecule has 0 aliphatic carbocycles. The molecule has 22 heavy (non-hydrogen) atoms. The minimum absolute atomic E-state index is 0.325. The van der Waals surface area contributed by atoms with E-state index in [0.29, 0.717) is 5.56 Å². The van der Waals surface area contributed by atoms with Crippen LogP contribution in [0.4, 0.5) is 0 Å². The number of carboxylic acid groups (broad SMARTS) is 1. The van der Waals surface area contributed by atoms with Crippen LogP contribution in [-0.4, -0.2) is 36.1 Å². The van der Waals surface area contributed by atoms with Crippen molar-refractivity contribution >= 4 is 5.97 Å². The lowest BCUT2D eigenvalue weighted by Crippen LogP contribution is -2.28. The molecule has 0 saturated heterocycles. The minimum Gasteiger partial charge on any atom is -0.478 e. The van der Waals surface area contributed by atoms with Crippen LogP contribution in [0.2, 0.25) is 0 Å². The van der Waals surface area contributed by atoms with Gasteiger partial charge in [0.05, 0.1) is 5.56 Å². The summed E-state index contributed by atoms with van der Waals surface area (Å²) in [5.41, 5.74) is 2.73. The first-order valence-corrected chi connectivity index (χ1v) is 7.40. The maximum absolute atomic E-state index is 10.8. The number of hydrogen-bond acceptors (Lipinski definition) is 3. The Morgan fingerprint density at radius 2 is 1.73 bits per heavy atom. The molecular formula is C18H22N2O2. The van der Waals surface area contributed by atoms with Crippen molar-refractivity contribution in [2.24, 2.45) is 0 Å². The Labute approximate surface area is 131 Å². The second-order valence-corrected chi connectivity index (χ2v) is 5.40. The highest BCUT2D eigenvalue weighted by atomic mass is 16.4. The van der Waals surface area contributed by atoms with Gasteiger partial charge in [-0.05, 0) is 30.3 Å². The molecule has 0 aliphatic rings. The molecule has 2 N–H and O–H groups in total. The topological polar surface area (TPSA) is 52.6 Å². The molecule has 4 nitrogen and oxygen atoms in total. The lowest BCUT2D eigenvalue weighted by atomic mass is 10.1. The van der Waals surface area contributed by atoms with Crippen molar-refractivity contribution in [3.05, 3.63) is 71.3 Å². The molecule has 0 bridgehead atoms. The average Bonchev–Trinajstić information content (AvgIpc) is 2.53. The average molecular weight is 298 g/mol. The molecule has 2 aromatic rings. The third kappa shape index (κ3) is 5.31. The monoisotopic (exact) mass is 298 g/mol. The number of nitrogens with zero attached hydrogens (tertiary/aromatic N) is 1. The summed E-state index contributed by atoms with van der Waals surface area (Å²) >= 11 is 0. The van der Waals surface area contributed by atoms with Crippen LogP contribution in [0, 0.1) is 0 Å². The van der Waals surface area contributed by atoms with E-state index in [1.807, 2.05) is 18.2 Å². The summed E-state index contributed by atoms with van der Waals surface area (Å²) in [6, 6.07) is 17.4. The van der Waals surface area contributed by atoms with Crippen LogP contribution < -0.4 is 5.32 Å². The number of carbonyl (C=O) groups is 1. The van der Waals surface area contributed by atoms with Crippen LogP contribution in [0.1, 0.15) is 21.5 Å². The first-order chi connectivity index (χ1) is 10.6. The van der Waals surface area contributed by atoms with Gasteiger partial charge in [0.25, 0.3) is 0 Å². The maximum Gasteiger partial charge on any atom is 0.335 e. The summed E-state index contributed by atoms with van der Waals surface area (Å²) < 4.78 is 0. The fraction of sp³-hybridized carbons (Fsp3) is 0.278. The van der Waals surface area contributed by atoms with Gasteiger partial charge in [0.1, 0.15) is 0 Å². The van der Waals surface area contributed by atoms with Crippen molar-refractivity contribution in [1.29, 1.82) is 0 Å². The highest BCUT2D eigenvalue weighted by Gasteiger charge is 2.02. The van der Waals surface area contributed by atoms with Crippen LogP contribution in [0.15, 0.2) is 54.6 Å². The molecule has 116 valence electrons. The molecule has 0 atom stereocenters. The molecule has 0 unspecified atom stereocenters. The van der Waals surface area contributed by atoms with Crippen LogP contribution in [0.3, 0.4) is 0 Å². The summed E-state index contributed by atoms with van der Waals surface area (Å²) in [5, 5.41) is 12.2. The van der Waals surface area contributed by atoms with Crippen LogP contribution in [0.5, 0.6) is 0 Å². The van der Waals surface area contributed by atoms with Crippen molar-refractivity contribution in [3.63, 3.8) is 0 Å². The Morgan fingerprint density at radius 3 is 2.36 bits per heavy atom. The van der Waals surface area contributed by atoms with E-state index in [0.717, 1.165) is 31.7 Å². The zero-order chi connectivity index (χ0) is 15.8. The van der Waals surface area contributed by atoms with Gasteiger partial charge in [-0.3, -0.25) is 0 Å². The smallest absolute Gasteiger partial charge is 0.335 e.